The average Bonchev–Trinajstić information content (AvgIpc) is 3.20. The van der Waals surface area contributed by atoms with E-state index in [4.69, 9.17) is 4.18 Å². The first-order valence-electron chi connectivity index (χ1n) is 16.7. The van der Waals surface area contributed by atoms with E-state index in [0.717, 1.165) is 44.1 Å². The van der Waals surface area contributed by atoms with E-state index in [1.54, 1.807) is 6.92 Å². The van der Waals surface area contributed by atoms with Crippen molar-refractivity contribution in [2.24, 2.45) is 45.3 Å². The molecule has 1 N–H and O–H groups in total. The molecule has 0 heterocycles. The SMILES string of the molecule is C=C(C)C(CC)(CC)CCC(C)[C@H]1CCC2(C)C3CC(OS(=O)(=O)[O-])C4C(O)C(OS(=O)(=O)[O-])C(OS(=O)(=O)[O-])C[C@]4(C)C3=CC[C@]12C.[Na+].[Na+].[Na+]. The van der Waals surface area contributed by atoms with Crippen LogP contribution < -0.4 is 88.7 Å². The molecular weight excluding hydrogens is 758 g/mol. The van der Waals surface area contributed by atoms with Crippen molar-refractivity contribution in [3.8, 4) is 0 Å². The maximum absolute atomic E-state index is 12.1. The van der Waals surface area contributed by atoms with Crippen molar-refractivity contribution in [1.82, 2.24) is 0 Å². The number of hydrogen-bond donors (Lipinski definition) is 1. The third-order valence-corrected chi connectivity index (χ3v) is 15.1. The number of allylic oxidation sites excluding steroid dienone is 3. The number of aliphatic hydroxyl groups is 1. The Labute approximate surface area is 372 Å². The zero-order valence-corrected chi connectivity index (χ0v) is 40.3. The Balaban J connectivity index is 0.00000433. The molecule has 0 saturated heterocycles. The van der Waals surface area contributed by atoms with E-state index in [1.165, 1.54) is 5.57 Å². The van der Waals surface area contributed by atoms with Crippen LogP contribution in [0.1, 0.15) is 106 Å². The van der Waals surface area contributed by atoms with Crippen molar-refractivity contribution in [1.29, 1.82) is 0 Å². The van der Waals surface area contributed by atoms with Crippen LogP contribution in [0, 0.1) is 45.3 Å². The molecule has 4 aliphatic carbocycles. The molecule has 0 radical (unpaired) electrons. The van der Waals surface area contributed by atoms with Gasteiger partial charge in [0.05, 0.1) is 12.2 Å². The van der Waals surface area contributed by atoms with E-state index in [-0.39, 0.29) is 112 Å². The minimum absolute atomic E-state index is 0. The molecule has 13 nitrogen and oxygen atoms in total. The second-order valence-corrected chi connectivity index (χ2v) is 18.6. The fraction of sp³-hybridized carbons (Fsp3) is 0.875. The first kappa shape index (κ1) is 51.1. The van der Waals surface area contributed by atoms with Crippen LogP contribution >= 0.6 is 0 Å². The molecule has 0 aromatic rings. The molecule has 51 heavy (non-hydrogen) atoms. The monoisotopic (exact) mass is 808 g/mol. The summed E-state index contributed by atoms with van der Waals surface area (Å²) in [5, 5.41) is 11.5. The van der Waals surface area contributed by atoms with Gasteiger partial charge in [-0.25, -0.2) is 25.3 Å². The molecule has 4 rings (SSSR count). The number of aliphatic hydroxyl groups excluding tert-OH is 1. The summed E-state index contributed by atoms with van der Waals surface area (Å²) in [7, 11) is -16.4. The van der Waals surface area contributed by atoms with E-state index in [1.807, 2.05) is 6.08 Å². The van der Waals surface area contributed by atoms with E-state index >= 15 is 0 Å². The molecule has 8 unspecified atom stereocenters. The van der Waals surface area contributed by atoms with Crippen molar-refractivity contribution in [3.05, 3.63) is 23.8 Å². The topological polar surface area (TPSA) is 220 Å². The summed E-state index contributed by atoms with van der Waals surface area (Å²) in [4.78, 5) is 0. The largest absolute Gasteiger partial charge is 1.00 e. The molecule has 3 saturated carbocycles. The molecule has 3 fully saturated rings. The van der Waals surface area contributed by atoms with Gasteiger partial charge in [0.25, 0.3) is 0 Å². The van der Waals surface area contributed by atoms with E-state index in [9.17, 15) is 44.0 Å². The minimum atomic E-state index is -5.57. The first-order chi connectivity index (χ1) is 21.8. The number of hydrogen-bond acceptors (Lipinski definition) is 13. The van der Waals surface area contributed by atoms with Gasteiger partial charge in [-0.2, -0.15) is 0 Å². The number of rotatable bonds is 13. The predicted molar refractivity (Wildman–Crippen MR) is 172 cm³/mol. The fourth-order valence-corrected chi connectivity index (χ4v) is 12.3. The summed E-state index contributed by atoms with van der Waals surface area (Å²) < 4.78 is 121. The summed E-state index contributed by atoms with van der Waals surface area (Å²) in [6, 6.07) is 0. The molecule has 278 valence electrons. The molecule has 0 bridgehead atoms. The van der Waals surface area contributed by atoms with Gasteiger partial charge in [-0.15, -0.1) is 0 Å². The van der Waals surface area contributed by atoms with Crippen LogP contribution in [0.5, 0.6) is 0 Å². The molecule has 0 aromatic carbocycles. The van der Waals surface area contributed by atoms with Gasteiger partial charge in [-0.1, -0.05) is 65.3 Å². The van der Waals surface area contributed by atoms with Gasteiger partial charge in [-0.05, 0) is 104 Å². The Morgan fingerprint density at radius 3 is 1.92 bits per heavy atom. The summed E-state index contributed by atoms with van der Waals surface area (Å²) in [5.41, 5.74) is -0.0733. The van der Waals surface area contributed by atoms with Gasteiger partial charge in [0.2, 0.25) is 31.2 Å². The van der Waals surface area contributed by atoms with Crippen molar-refractivity contribution < 1.29 is 145 Å². The summed E-state index contributed by atoms with van der Waals surface area (Å²) >= 11 is 0. The average molecular weight is 809 g/mol. The van der Waals surface area contributed by atoms with Gasteiger partial charge >= 0.3 is 88.7 Å². The van der Waals surface area contributed by atoms with Gasteiger partial charge in [0.1, 0.15) is 12.2 Å². The van der Waals surface area contributed by atoms with Crippen molar-refractivity contribution in [2.75, 3.05) is 0 Å². The summed E-state index contributed by atoms with van der Waals surface area (Å²) in [5.74, 6) is -1.09. The zero-order chi connectivity index (χ0) is 36.5. The molecule has 19 heteroatoms. The summed E-state index contributed by atoms with van der Waals surface area (Å²) in [6.45, 7) is 19.0. The van der Waals surface area contributed by atoms with Crippen molar-refractivity contribution >= 4 is 31.2 Å². The van der Waals surface area contributed by atoms with Crippen LogP contribution in [0.4, 0.5) is 0 Å². The Kier molecular flexibility index (Phi) is 17.9. The van der Waals surface area contributed by atoms with Gasteiger partial charge < -0.3 is 18.8 Å². The van der Waals surface area contributed by atoms with Crippen molar-refractivity contribution in [2.45, 2.75) is 131 Å². The standard InChI is InChI=1S/C32H54O13S3.3Na/c1-9-32(10-2,19(3)4)16-11-20(5)21-12-14-31(8)23-17-24(43-46(34,35)36)26-27(33)28(45-48(40,41)42)25(44-47(37,38)39)18-29(26,6)22(23)13-15-30(21,31)7;;;/h13,20-21,23-28,33H,3,9-12,14-18H2,1-2,4-8H3,(H,34,35,36)(H,37,38,39)(H,40,41,42);;;/q;3*+1/p-3/t20?,21-,23?,24?,25?,26?,27?,28?,29-,30-,31?;;;/m1.../s1. The maximum Gasteiger partial charge on any atom is 1.00 e. The van der Waals surface area contributed by atoms with Crippen LogP contribution in [0.15, 0.2) is 23.8 Å². The Bertz CT molecular complexity index is 1620. The molecule has 0 amide bonds. The van der Waals surface area contributed by atoms with Crippen molar-refractivity contribution in [3.63, 3.8) is 0 Å². The minimum Gasteiger partial charge on any atom is -0.726 e. The molecular formula is C32H51Na3O13S3. The van der Waals surface area contributed by atoms with Crippen LogP contribution in [0.3, 0.4) is 0 Å². The molecule has 0 aliphatic heterocycles. The Hall–Kier alpha value is 2.05. The van der Waals surface area contributed by atoms with Gasteiger partial charge in [0.15, 0.2) is 0 Å². The smallest absolute Gasteiger partial charge is 0.726 e. The van der Waals surface area contributed by atoms with Gasteiger partial charge in [0, 0.05) is 5.92 Å². The third kappa shape index (κ3) is 10.2. The normalized spacial score (nSPS) is 37.2. The van der Waals surface area contributed by atoms with Crippen LogP contribution in [0.2, 0.25) is 0 Å². The van der Waals surface area contributed by atoms with Gasteiger partial charge in [-0.3, -0.25) is 12.5 Å². The van der Waals surface area contributed by atoms with Crippen LogP contribution in [-0.4, -0.2) is 68.4 Å². The molecule has 11 atom stereocenters. The molecule has 0 aromatic heterocycles. The quantitative estimate of drug-likeness (QED) is 0.0804. The first-order valence-corrected chi connectivity index (χ1v) is 20.7. The zero-order valence-electron chi connectivity index (χ0n) is 31.8. The second kappa shape index (κ2) is 17.9. The fourth-order valence-electron chi connectivity index (χ4n) is 10.8. The Morgan fingerprint density at radius 2 is 1.45 bits per heavy atom. The number of fused-ring (bicyclic) bond motifs is 5. The summed E-state index contributed by atoms with van der Waals surface area (Å²) in [6.07, 6.45) is 0.175. The van der Waals surface area contributed by atoms with E-state index < -0.39 is 78.8 Å². The third-order valence-electron chi connectivity index (χ3n) is 13.7. The second-order valence-electron chi connectivity index (χ2n) is 15.6. The molecule has 4 aliphatic rings. The van der Waals surface area contributed by atoms with Crippen LogP contribution in [0.25, 0.3) is 0 Å². The maximum atomic E-state index is 12.1. The van der Waals surface area contributed by atoms with Crippen LogP contribution in [-0.2, 0) is 43.7 Å². The Morgan fingerprint density at radius 1 is 0.941 bits per heavy atom. The van der Waals surface area contributed by atoms with E-state index in [2.05, 4.69) is 56.5 Å². The molecule has 0 spiro atoms. The van der Waals surface area contributed by atoms with E-state index in [0.29, 0.717) is 18.3 Å². The predicted octanol–water partition coefficient (Wildman–Crippen LogP) is -4.51.